The second kappa shape index (κ2) is 14.0. The van der Waals surface area contributed by atoms with E-state index in [0.29, 0.717) is 34.4 Å². The predicted molar refractivity (Wildman–Crippen MR) is 187 cm³/mol. The number of nitrogens with zero attached hydrogens (tertiary/aromatic N) is 3. The molecule has 46 heavy (non-hydrogen) atoms. The van der Waals surface area contributed by atoms with Crippen LogP contribution in [0.2, 0.25) is 13.1 Å². The van der Waals surface area contributed by atoms with E-state index in [1.807, 2.05) is 32.9 Å². The number of aromatic hydroxyl groups is 1. The van der Waals surface area contributed by atoms with E-state index < -0.39 is 31.2 Å². The number of hydrogen-bond donors (Lipinski definition) is 2. The minimum atomic E-state index is -0.710. The molecule has 0 bridgehead atoms. The van der Waals surface area contributed by atoms with Crippen LogP contribution in [-0.4, -0.2) is 95.6 Å². The van der Waals surface area contributed by atoms with Gasteiger partial charge < -0.3 is 28.9 Å². The number of aromatic nitrogens is 1. The van der Waals surface area contributed by atoms with Crippen molar-refractivity contribution in [3.05, 3.63) is 53.1 Å². The molecule has 3 heterocycles. The standard InChI is InChI=1S/C34H50N4O6Si2/c1-33(2,3)42-32(41)38-27-9-8-22(16-23(27)18-28(38)26-19-25(39)17-24-20-35-30(40)29(24)26)21-37-14-12-36(13-15-37)11-10-34(4,5)31(43-45-6)44-46-7/h8-9,16-19,31,39H,10-15,20-21,45-46H2,1-7H3,(H,35,40). The highest BCUT2D eigenvalue weighted by Crippen LogP contribution is 2.37. The highest BCUT2D eigenvalue weighted by molar-refractivity contribution is 6.26. The molecule has 0 spiro atoms. The molecule has 2 N–H and O–H groups in total. The van der Waals surface area contributed by atoms with Gasteiger partial charge in [0.15, 0.2) is 19.5 Å². The molecule has 2 aliphatic rings. The number of ether oxygens (including phenoxy) is 1. The van der Waals surface area contributed by atoms with Crippen LogP contribution in [0.15, 0.2) is 36.4 Å². The summed E-state index contributed by atoms with van der Waals surface area (Å²) in [5.74, 6) is -0.178. The summed E-state index contributed by atoms with van der Waals surface area (Å²) in [7, 11) is -1.06. The molecule has 2 aliphatic heterocycles. The van der Waals surface area contributed by atoms with Gasteiger partial charge in [-0.3, -0.25) is 9.69 Å². The van der Waals surface area contributed by atoms with Crippen molar-refractivity contribution in [1.82, 2.24) is 19.7 Å². The molecule has 0 unspecified atom stereocenters. The number of carbonyl (C=O) groups is 2. The second-order valence-electron chi connectivity index (χ2n) is 14.0. The Labute approximate surface area is 277 Å². The van der Waals surface area contributed by atoms with Crippen molar-refractivity contribution in [1.29, 1.82) is 0 Å². The van der Waals surface area contributed by atoms with Gasteiger partial charge in [0, 0.05) is 55.6 Å². The number of phenolic OH excluding ortho intramolecular Hbond substituents is 1. The molecule has 0 atom stereocenters. The molecule has 1 fully saturated rings. The van der Waals surface area contributed by atoms with Crippen LogP contribution < -0.4 is 5.32 Å². The Morgan fingerprint density at radius 1 is 0.978 bits per heavy atom. The van der Waals surface area contributed by atoms with Gasteiger partial charge in [0.05, 0.1) is 16.8 Å². The Hall–Kier alpha value is -3.01. The van der Waals surface area contributed by atoms with E-state index in [-0.39, 0.29) is 23.4 Å². The zero-order chi connectivity index (χ0) is 33.2. The van der Waals surface area contributed by atoms with Crippen molar-refractivity contribution in [3.8, 4) is 17.0 Å². The normalized spacial score (nSPS) is 17.4. The Balaban J connectivity index is 1.33. The molecule has 2 aromatic carbocycles. The Bertz CT molecular complexity index is 1570. The molecule has 0 saturated carbocycles. The summed E-state index contributed by atoms with van der Waals surface area (Å²) >= 11 is 0. The fourth-order valence-electron chi connectivity index (χ4n) is 6.42. The van der Waals surface area contributed by atoms with Crippen LogP contribution in [-0.2, 0) is 26.7 Å². The van der Waals surface area contributed by atoms with Crippen molar-refractivity contribution in [3.63, 3.8) is 0 Å². The molecule has 1 saturated heterocycles. The topological polar surface area (TPSA) is 105 Å². The summed E-state index contributed by atoms with van der Waals surface area (Å²) in [6.45, 7) is 20.5. The van der Waals surface area contributed by atoms with E-state index in [9.17, 15) is 14.7 Å². The number of rotatable bonds is 11. The summed E-state index contributed by atoms with van der Waals surface area (Å²) in [6.07, 6.45) is 0.435. The number of benzene rings is 2. The Kier molecular flexibility index (Phi) is 10.5. The van der Waals surface area contributed by atoms with Crippen molar-refractivity contribution in [2.24, 2.45) is 5.41 Å². The van der Waals surface area contributed by atoms with Gasteiger partial charge in [0.1, 0.15) is 17.6 Å². The lowest BCUT2D eigenvalue weighted by molar-refractivity contribution is -0.0852. The van der Waals surface area contributed by atoms with Crippen LogP contribution >= 0.6 is 0 Å². The largest absolute Gasteiger partial charge is 0.508 e. The molecule has 0 radical (unpaired) electrons. The monoisotopic (exact) mass is 666 g/mol. The maximum Gasteiger partial charge on any atom is 0.419 e. The summed E-state index contributed by atoms with van der Waals surface area (Å²) in [6, 6.07) is 11.2. The van der Waals surface area contributed by atoms with Gasteiger partial charge in [-0.1, -0.05) is 33.0 Å². The molecule has 10 nitrogen and oxygen atoms in total. The predicted octanol–water partition coefficient (Wildman–Crippen LogP) is 4.20. The van der Waals surface area contributed by atoms with Crippen LogP contribution in [0, 0.1) is 5.41 Å². The van der Waals surface area contributed by atoms with Gasteiger partial charge in [-0.15, -0.1) is 0 Å². The van der Waals surface area contributed by atoms with Crippen LogP contribution in [0.25, 0.3) is 22.2 Å². The molecule has 250 valence electrons. The fraction of sp³-hybridized carbons (Fsp3) is 0.529. The lowest BCUT2D eigenvalue weighted by Crippen LogP contribution is -2.47. The maximum absolute atomic E-state index is 13.6. The average Bonchev–Trinajstić information content (AvgIpc) is 3.55. The summed E-state index contributed by atoms with van der Waals surface area (Å²) in [5.41, 5.74) is 3.33. The lowest BCUT2D eigenvalue weighted by Gasteiger charge is -2.39. The van der Waals surface area contributed by atoms with Gasteiger partial charge in [-0.05, 0) is 75.2 Å². The van der Waals surface area contributed by atoms with Crippen LogP contribution in [0.1, 0.15) is 62.5 Å². The molecule has 3 aromatic rings. The van der Waals surface area contributed by atoms with E-state index in [4.69, 9.17) is 13.6 Å². The van der Waals surface area contributed by atoms with Crippen molar-refractivity contribution in [2.75, 3.05) is 32.7 Å². The number of nitrogens with one attached hydrogen (secondary N) is 1. The van der Waals surface area contributed by atoms with E-state index in [0.717, 1.165) is 56.6 Å². The summed E-state index contributed by atoms with van der Waals surface area (Å²) in [4.78, 5) is 31.5. The number of amides is 1. The Morgan fingerprint density at radius 3 is 2.30 bits per heavy atom. The SMILES string of the molecule is C[SiH2]OC(O[SiH2]C)C(C)(C)CCN1CCN(Cc2ccc3c(c2)cc(-c2cc(O)cc4c2C(=O)NC4)n3C(=O)OC(C)(C)C)CC1. The molecule has 1 aromatic heterocycles. The fourth-order valence-corrected chi connectivity index (χ4v) is 8.31. The maximum atomic E-state index is 13.6. The van der Waals surface area contributed by atoms with Crippen LogP contribution in [0.4, 0.5) is 4.79 Å². The zero-order valence-electron chi connectivity index (χ0n) is 28.4. The minimum absolute atomic E-state index is 0.00446. The first kappa shape index (κ1) is 34.3. The second-order valence-corrected chi connectivity index (χ2v) is 15.9. The van der Waals surface area contributed by atoms with Gasteiger partial charge in [0.2, 0.25) is 0 Å². The van der Waals surface area contributed by atoms with Gasteiger partial charge in [0.25, 0.3) is 5.91 Å². The van der Waals surface area contributed by atoms with Crippen LogP contribution in [0.3, 0.4) is 0 Å². The summed E-state index contributed by atoms with van der Waals surface area (Å²) in [5, 5.41) is 14.2. The first-order valence-electron chi connectivity index (χ1n) is 16.5. The first-order valence-corrected chi connectivity index (χ1v) is 20.5. The smallest absolute Gasteiger partial charge is 0.419 e. The quantitative estimate of drug-likeness (QED) is 0.232. The number of fused-ring (bicyclic) bond motifs is 2. The third-order valence-corrected chi connectivity index (χ3v) is 10.1. The average molecular weight is 667 g/mol. The molecule has 0 aliphatic carbocycles. The highest BCUT2D eigenvalue weighted by Gasteiger charge is 2.32. The molecule has 12 heteroatoms. The van der Waals surface area contributed by atoms with Crippen molar-refractivity contribution in [2.45, 2.75) is 79.1 Å². The summed E-state index contributed by atoms with van der Waals surface area (Å²) < 4.78 is 19.5. The van der Waals surface area contributed by atoms with Crippen molar-refractivity contribution < 1.29 is 28.3 Å². The number of phenols is 1. The van der Waals surface area contributed by atoms with Gasteiger partial charge >= 0.3 is 6.09 Å². The Morgan fingerprint density at radius 2 is 1.65 bits per heavy atom. The minimum Gasteiger partial charge on any atom is -0.508 e. The van der Waals surface area contributed by atoms with Crippen molar-refractivity contribution >= 4 is 42.4 Å². The third-order valence-electron chi connectivity index (χ3n) is 8.81. The van der Waals surface area contributed by atoms with Crippen LogP contribution in [0.5, 0.6) is 5.75 Å². The molecular weight excluding hydrogens is 617 g/mol. The third kappa shape index (κ3) is 7.75. The molecule has 1 amide bonds. The molecular formula is C34H50N4O6Si2. The van der Waals surface area contributed by atoms with Gasteiger partial charge in [-0.2, -0.15) is 0 Å². The van der Waals surface area contributed by atoms with E-state index in [1.54, 1.807) is 12.1 Å². The lowest BCUT2D eigenvalue weighted by atomic mass is 9.88. The highest BCUT2D eigenvalue weighted by atomic mass is 28.2. The molecule has 5 rings (SSSR count). The first-order chi connectivity index (χ1) is 21.8. The zero-order valence-corrected chi connectivity index (χ0v) is 31.3. The van der Waals surface area contributed by atoms with E-state index in [2.05, 4.69) is 54.2 Å². The van der Waals surface area contributed by atoms with E-state index in [1.165, 1.54) is 4.57 Å². The van der Waals surface area contributed by atoms with E-state index >= 15 is 0 Å². The number of hydrogen-bond acceptors (Lipinski definition) is 8. The van der Waals surface area contributed by atoms with Gasteiger partial charge in [-0.25, -0.2) is 9.36 Å². The number of carbonyl (C=O) groups excluding carboxylic acids is 2. The number of piperazine rings is 1.